The van der Waals surface area contributed by atoms with Crippen LogP contribution in [0, 0.1) is 12.8 Å². The molecule has 28 heavy (non-hydrogen) atoms. The van der Waals surface area contributed by atoms with Crippen LogP contribution in [0.2, 0.25) is 0 Å². The minimum atomic E-state index is -0.204. The van der Waals surface area contributed by atoms with E-state index in [1.165, 1.54) is 0 Å². The first-order chi connectivity index (χ1) is 13.4. The number of benzene rings is 1. The van der Waals surface area contributed by atoms with Crippen molar-refractivity contribution in [2.45, 2.75) is 40.7 Å². The fourth-order valence-electron chi connectivity index (χ4n) is 3.37. The highest BCUT2D eigenvalue weighted by molar-refractivity contribution is 5.93. The molecule has 8 nitrogen and oxygen atoms in total. The highest BCUT2D eigenvalue weighted by Crippen LogP contribution is 2.26. The number of urea groups is 1. The Balaban J connectivity index is 1.86. The van der Waals surface area contributed by atoms with E-state index in [1.807, 2.05) is 50.8 Å². The van der Waals surface area contributed by atoms with E-state index in [4.69, 9.17) is 0 Å². The van der Waals surface area contributed by atoms with E-state index >= 15 is 0 Å². The average Bonchev–Trinajstić information content (AvgIpc) is 3.06. The summed E-state index contributed by atoms with van der Waals surface area (Å²) in [5.41, 5.74) is 4.21. The molecule has 0 saturated heterocycles. The Bertz CT molecular complexity index is 874. The molecule has 1 aromatic carbocycles. The molecule has 0 spiro atoms. The van der Waals surface area contributed by atoms with Gasteiger partial charge in [0.25, 0.3) is 5.91 Å². The summed E-state index contributed by atoms with van der Waals surface area (Å²) in [6.45, 7) is 10.3. The van der Waals surface area contributed by atoms with Gasteiger partial charge in [-0.15, -0.1) is 5.10 Å². The second-order valence-corrected chi connectivity index (χ2v) is 7.46. The van der Waals surface area contributed by atoms with Gasteiger partial charge in [-0.2, -0.15) is 0 Å². The lowest BCUT2D eigenvalue weighted by Crippen LogP contribution is -2.42. The molecule has 0 fully saturated rings. The summed E-state index contributed by atoms with van der Waals surface area (Å²) in [5, 5.41) is 14.1. The van der Waals surface area contributed by atoms with Crippen LogP contribution in [0.1, 0.15) is 48.1 Å². The van der Waals surface area contributed by atoms with Crippen LogP contribution >= 0.6 is 0 Å². The lowest BCUT2D eigenvalue weighted by molar-refractivity contribution is 0.0943. The van der Waals surface area contributed by atoms with Gasteiger partial charge < -0.3 is 15.5 Å². The number of carbonyl (C=O) groups excluding carboxylic acids is 2. The molecule has 0 radical (unpaired) electrons. The third-order valence-corrected chi connectivity index (χ3v) is 4.87. The maximum atomic E-state index is 12.4. The maximum absolute atomic E-state index is 12.4. The summed E-state index contributed by atoms with van der Waals surface area (Å²) in [4.78, 5) is 26.4. The van der Waals surface area contributed by atoms with Crippen LogP contribution in [0.25, 0.3) is 5.69 Å². The number of hydrogen-bond acceptors (Lipinski definition) is 4. The lowest BCUT2D eigenvalue weighted by atomic mass is 9.98. The number of aromatic nitrogens is 3. The van der Waals surface area contributed by atoms with Gasteiger partial charge >= 0.3 is 6.03 Å². The summed E-state index contributed by atoms with van der Waals surface area (Å²) in [5.74, 6) is 0.165. The zero-order chi connectivity index (χ0) is 20.3. The fourth-order valence-corrected chi connectivity index (χ4v) is 3.37. The van der Waals surface area contributed by atoms with Crippen LogP contribution in [-0.4, -0.2) is 51.5 Å². The summed E-state index contributed by atoms with van der Waals surface area (Å²) >= 11 is 0. The van der Waals surface area contributed by atoms with Crippen molar-refractivity contribution >= 4 is 11.9 Å². The summed E-state index contributed by atoms with van der Waals surface area (Å²) in [6.07, 6.45) is 0.733. The van der Waals surface area contributed by atoms with Gasteiger partial charge in [0.1, 0.15) is 0 Å². The van der Waals surface area contributed by atoms with Crippen molar-refractivity contribution in [1.82, 2.24) is 30.5 Å². The van der Waals surface area contributed by atoms with E-state index in [0.29, 0.717) is 43.5 Å². The van der Waals surface area contributed by atoms with Gasteiger partial charge in [0, 0.05) is 26.2 Å². The Kier molecular flexibility index (Phi) is 5.96. The van der Waals surface area contributed by atoms with Crippen LogP contribution in [0.5, 0.6) is 0 Å². The van der Waals surface area contributed by atoms with Crippen molar-refractivity contribution in [3.63, 3.8) is 0 Å². The molecular formula is C20H28N6O2. The molecule has 0 bridgehead atoms. The normalized spacial score (nSPS) is 13.4. The van der Waals surface area contributed by atoms with E-state index < -0.39 is 0 Å². The minimum absolute atomic E-state index is 0.0420. The topological polar surface area (TPSA) is 92.2 Å². The van der Waals surface area contributed by atoms with Crippen molar-refractivity contribution in [2.24, 2.45) is 5.92 Å². The highest BCUT2D eigenvalue weighted by atomic mass is 16.2. The van der Waals surface area contributed by atoms with Crippen LogP contribution in [0.4, 0.5) is 4.79 Å². The number of carbonyl (C=O) groups is 2. The molecule has 150 valence electrons. The Morgan fingerprint density at radius 1 is 1.25 bits per heavy atom. The second kappa shape index (κ2) is 8.41. The van der Waals surface area contributed by atoms with Crippen LogP contribution in [0.3, 0.4) is 0 Å². The number of amides is 3. The van der Waals surface area contributed by atoms with Crippen molar-refractivity contribution < 1.29 is 9.59 Å². The molecule has 0 unspecified atom stereocenters. The first kappa shape index (κ1) is 19.9. The average molecular weight is 384 g/mol. The van der Waals surface area contributed by atoms with Gasteiger partial charge in [-0.1, -0.05) is 31.2 Å². The number of nitrogens with zero attached hydrogens (tertiary/aromatic N) is 4. The van der Waals surface area contributed by atoms with E-state index in [-0.39, 0.29) is 11.9 Å². The van der Waals surface area contributed by atoms with Gasteiger partial charge in [-0.05, 0) is 43.4 Å². The largest absolute Gasteiger partial charge is 0.350 e. The molecule has 2 aromatic rings. The van der Waals surface area contributed by atoms with Gasteiger partial charge in [0.05, 0.1) is 11.4 Å². The molecule has 1 aliphatic heterocycles. The quantitative estimate of drug-likeness (QED) is 0.825. The van der Waals surface area contributed by atoms with Gasteiger partial charge in [-0.25, -0.2) is 9.48 Å². The maximum Gasteiger partial charge on any atom is 0.317 e. The number of rotatable bonds is 5. The first-order valence-corrected chi connectivity index (χ1v) is 9.76. The highest BCUT2D eigenvalue weighted by Gasteiger charge is 2.24. The van der Waals surface area contributed by atoms with Crippen LogP contribution < -0.4 is 10.6 Å². The SMILES string of the molecule is CCNC(=O)N1CCc2c(cccc2-n2nnc(C(=O)NCC(C)C)c2C)C1. The number of nitrogens with one attached hydrogen (secondary N) is 2. The van der Waals surface area contributed by atoms with Gasteiger partial charge in [0.15, 0.2) is 5.69 Å². The van der Waals surface area contributed by atoms with E-state index in [0.717, 1.165) is 23.2 Å². The Hall–Kier alpha value is -2.90. The fraction of sp³-hybridized carbons (Fsp3) is 0.500. The Morgan fingerprint density at radius 2 is 2.04 bits per heavy atom. The number of hydrogen-bond donors (Lipinski definition) is 2. The molecule has 1 aliphatic rings. The number of fused-ring (bicyclic) bond motifs is 1. The molecule has 1 aromatic heterocycles. The molecule has 0 aliphatic carbocycles. The molecule has 3 amide bonds. The van der Waals surface area contributed by atoms with Crippen molar-refractivity contribution in [2.75, 3.05) is 19.6 Å². The smallest absolute Gasteiger partial charge is 0.317 e. The van der Waals surface area contributed by atoms with Crippen molar-refractivity contribution in [3.8, 4) is 5.69 Å². The first-order valence-electron chi connectivity index (χ1n) is 9.76. The zero-order valence-electron chi connectivity index (χ0n) is 17.0. The summed E-state index contributed by atoms with van der Waals surface area (Å²) in [6, 6.07) is 5.93. The summed E-state index contributed by atoms with van der Waals surface area (Å²) < 4.78 is 1.73. The molecular weight excluding hydrogens is 356 g/mol. The monoisotopic (exact) mass is 384 g/mol. The van der Waals surface area contributed by atoms with E-state index in [1.54, 1.807) is 4.68 Å². The van der Waals surface area contributed by atoms with E-state index in [9.17, 15) is 9.59 Å². The predicted molar refractivity (Wildman–Crippen MR) is 106 cm³/mol. The Labute approximate surface area is 165 Å². The zero-order valence-corrected chi connectivity index (χ0v) is 17.0. The van der Waals surface area contributed by atoms with Gasteiger partial charge in [-0.3, -0.25) is 4.79 Å². The standard InChI is InChI=1S/C20H28N6O2/c1-5-21-20(28)25-10-9-16-15(12-25)7-6-8-17(16)26-14(4)18(23-24-26)19(27)22-11-13(2)3/h6-8,13H,5,9-12H2,1-4H3,(H,21,28)(H,22,27). The van der Waals surface area contributed by atoms with Crippen molar-refractivity contribution in [1.29, 1.82) is 0 Å². The van der Waals surface area contributed by atoms with Crippen LogP contribution in [0.15, 0.2) is 18.2 Å². The second-order valence-electron chi connectivity index (χ2n) is 7.46. The Morgan fingerprint density at radius 3 is 2.75 bits per heavy atom. The molecule has 3 rings (SSSR count). The molecule has 0 atom stereocenters. The molecule has 8 heteroatoms. The summed E-state index contributed by atoms with van der Waals surface area (Å²) in [7, 11) is 0. The van der Waals surface area contributed by atoms with E-state index in [2.05, 4.69) is 20.9 Å². The molecule has 2 heterocycles. The minimum Gasteiger partial charge on any atom is -0.350 e. The van der Waals surface area contributed by atoms with Crippen molar-refractivity contribution in [3.05, 3.63) is 40.7 Å². The lowest BCUT2D eigenvalue weighted by Gasteiger charge is -2.30. The molecule has 0 saturated carbocycles. The molecule has 2 N–H and O–H groups in total. The third kappa shape index (κ3) is 4.00. The van der Waals surface area contributed by atoms with Crippen LogP contribution in [-0.2, 0) is 13.0 Å². The van der Waals surface area contributed by atoms with Gasteiger partial charge in [0.2, 0.25) is 0 Å². The predicted octanol–water partition coefficient (Wildman–Crippen LogP) is 2.05. The third-order valence-electron chi connectivity index (χ3n) is 4.87.